The van der Waals surface area contributed by atoms with Crippen LogP contribution < -0.4 is 10.5 Å². The molecular weight excluding hydrogens is 447 g/mol. The topological polar surface area (TPSA) is 89.9 Å². The van der Waals surface area contributed by atoms with Crippen LogP contribution in [0.25, 0.3) is 22.2 Å². The summed E-state index contributed by atoms with van der Waals surface area (Å²) in [6.07, 6.45) is 1.82. The van der Waals surface area contributed by atoms with Crippen LogP contribution in [-0.2, 0) is 7.05 Å². The molecule has 0 unspecified atom stereocenters. The fourth-order valence-electron chi connectivity index (χ4n) is 4.29. The fourth-order valence-corrected chi connectivity index (χ4v) is 4.44. The van der Waals surface area contributed by atoms with Gasteiger partial charge >= 0.3 is 0 Å². The minimum absolute atomic E-state index is 0.0616. The van der Waals surface area contributed by atoms with Crippen molar-refractivity contribution in [2.75, 3.05) is 18.0 Å². The number of anilines is 1. The summed E-state index contributed by atoms with van der Waals surface area (Å²) in [6.45, 7) is 4.93. The lowest BCUT2D eigenvalue weighted by molar-refractivity contribution is 0.331. The Hall–Kier alpha value is -3.33. The predicted molar refractivity (Wildman–Crippen MR) is 123 cm³/mol. The first-order valence-electron chi connectivity index (χ1n) is 10.7. The maximum Gasteiger partial charge on any atom is 0.263 e. The molecule has 3 aromatic heterocycles. The Morgan fingerprint density at radius 1 is 1.18 bits per heavy atom. The smallest absolute Gasteiger partial charge is 0.263 e. The Balaban J connectivity index is 1.67. The third-order valence-corrected chi connectivity index (χ3v) is 6.33. The molecular formula is C23H22ClFN6O2. The van der Waals surface area contributed by atoms with Crippen molar-refractivity contribution in [1.82, 2.24) is 24.7 Å². The van der Waals surface area contributed by atoms with E-state index in [1.807, 2.05) is 0 Å². The van der Waals surface area contributed by atoms with Crippen LogP contribution in [0.15, 0.2) is 33.6 Å². The van der Waals surface area contributed by atoms with Gasteiger partial charge in [-0.2, -0.15) is 4.98 Å². The Bertz CT molecular complexity index is 1430. The number of halogens is 2. The number of benzene rings is 1. The van der Waals surface area contributed by atoms with Crippen molar-refractivity contribution < 1.29 is 8.91 Å². The standard InChI is InChI=1S/C23H22ClFN6O2/c1-12-26-22(33-29-12)14-5-4-8-31(11-14)19-10-18-20(23(32)30(3)13(2)27-18)21(28-19)16-7-6-15(24)9-17(16)25/h6-7,9-10,14H,4-5,8,11H2,1-3H3/t14-/m1/s1. The highest BCUT2D eigenvalue weighted by molar-refractivity contribution is 6.30. The Kier molecular flexibility index (Phi) is 5.36. The number of hydrogen-bond acceptors (Lipinski definition) is 7. The van der Waals surface area contributed by atoms with Crippen molar-refractivity contribution in [2.45, 2.75) is 32.6 Å². The second-order valence-corrected chi connectivity index (χ2v) is 8.77. The molecule has 1 fully saturated rings. The van der Waals surface area contributed by atoms with Crippen molar-refractivity contribution in [3.8, 4) is 11.3 Å². The zero-order valence-corrected chi connectivity index (χ0v) is 19.2. The van der Waals surface area contributed by atoms with Gasteiger partial charge in [0.15, 0.2) is 5.82 Å². The summed E-state index contributed by atoms with van der Waals surface area (Å²) in [6, 6.07) is 6.14. The second-order valence-electron chi connectivity index (χ2n) is 8.34. The van der Waals surface area contributed by atoms with E-state index in [1.165, 1.54) is 10.6 Å². The molecule has 0 saturated carbocycles. The molecule has 170 valence electrons. The van der Waals surface area contributed by atoms with Gasteiger partial charge < -0.3 is 9.42 Å². The molecule has 1 aromatic carbocycles. The predicted octanol–water partition coefficient (Wildman–Crippen LogP) is 4.17. The van der Waals surface area contributed by atoms with Crippen LogP contribution in [0, 0.1) is 19.7 Å². The summed E-state index contributed by atoms with van der Waals surface area (Å²) >= 11 is 5.96. The van der Waals surface area contributed by atoms with Crippen molar-refractivity contribution in [1.29, 1.82) is 0 Å². The van der Waals surface area contributed by atoms with Crippen LogP contribution in [0.4, 0.5) is 10.2 Å². The summed E-state index contributed by atoms with van der Waals surface area (Å²) in [5, 5.41) is 4.45. The van der Waals surface area contributed by atoms with E-state index in [2.05, 4.69) is 20.0 Å². The van der Waals surface area contributed by atoms with E-state index in [0.717, 1.165) is 19.4 Å². The minimum Gasteiger partial charge on any atom is -0.356 e. The van der Waals surface area contributed by atoms with E-state index in [0.29, 0.717) is 35.4 Å². The molecule has 4 aromatic rings. The quantitative estimate of drug-likeness (QED) is 0.445. The summed E-state index contributed by atoms with van der Waals surface area (Å²) in [5.74, 6) is 1.89. The van der Waals surface area contributed by atoms with Gasteiger partial charge in [-0.1, -0.05) is 16.8 Å². The van der Waals surface area contributed by atoms with Gasteiger partial charge in [-0.25, -0.2) is 14.4 Å². The highest BCUT2D eigenvalue weighted by Gasteiger charge is 2.28. The first-order chi connectivity index (χ1) is 15.8. The molecule has 8 nitrogen and oxygen atoms in total. The number of aromatic nitrogens is 5. The number of pyridine rings is 1. The molecule has 10 heteroatoms. The third kappa shape index (κ3) is 3.86. The van der Waals surface area contributed by atoms with E-state index < -0.39 is 5.82 Å². The van der Waals surface area contributed by atoms with Gasteiger partial charge in [0.25, 0.3) is 5.56 Å². The van der Waals surface area contributed by atoms with E-state index in [4.69, 9.17) is 21.1 Å². The van der Waals surface area contributed by atoms with Gasteiger partial charge in [-0.3, -0.25) is 9.36 Å². The summed E-state index contributed by atoms with van der Waals surface area (Å²) in [5.41, 5.74) is 0.648. The number of fused-ring (bicyclic) bond motifs is 1. The van der Waals surface area contributed by atoms with Crippen LogP contribution >= 0.6 is 11.6 Å². The molecule has 0 N–H and O–H groups in total. The fraction of sp³-hybridized carbons (Fsp3) is 0.348. The monoisotopic (exact) mass is 468 g/mol. The molecule has 0 spiro atoms. The first-order valence-corrected chi connectivity index (χ1v) is 11.1. The number of hydrogen-bond donors (Lipinski definition) is 0. The molecule has 33 heavy (non-hydrogen) atoms. The van der Waals surface area contributed by atoms with Crippen LogP contribution in [-0.4, -0.2) is 37.8 Å². The average Bonchev–Trinajstić information content (AvgIpc) is 3.23. The Labute approximate surface area is 194 Å². The van der Waals surface area contributed by atoms with Crippen LogP contribution in [0.1, 0.15) is 36.3 Å². The highest BCUT2D eigenvalue weighted by atomic mass is 35.5. The van der Waals surface area contributed by atoms with E-state index in [9.17, 15) is 9.18 Å². The molecule has 0 amide bonds. The van der Waals surface area contributed by atoms with Gasteiger partial charge in [0, 0.05) is 36.8 Å². The van der Waals surface area contributed by atoms with E-state index in [1.54, 1.807) is 39.1 Å². The van der Waals surface area contributed by atoms with E-state index >= 15 is 0 Å². The largest absolute Gasteiger partial charge is 0.356 e. The maximum absolute atomic E-state index is 14.9. The molecule has 1 atom stereocenters. The number of rotatable bonds is 3. The van der Waals surface area contributed by atoms with Gasteiger partial charge in [0.2, 0.25) is 5.89 Å². The molecule has 0 bridgehead atoms. The summed E-state index contributed by atoms with van der Waals surface area (Å²) in [7, 11) is 1.64. The van der Waals surface area contributed by atoms with E-state index in [-0.39, 0.29) is 33.1 Å². The van der Waals surface area contributed by atoms with Crippen molar-refractivity contribution >= 4 is 28.3 Å². The second kappa shape index (κ2) is 8.22. The molecule has 5 rings (SSSR count). The third-order valence-electron chi connectivity index (χ3n) is 6.10. The lowest BCUT2D eigenvalue weighted by Crippen LogP contribution is -2.35. The molecule has 0 aliphatic carbocycles. The number of piperidine rings is 1. The van der Waals surface area contributed by atoms with Crippen molar-refractivity contribution in [3.63, 3.8) is 0 Å². The van der Waals surface area contributed by atoms with Crippen LogP contribution in [0.2, 0.25) is 5.02 Å². The van der Waals surface area contributed by atoms with Crippen molar-refractivity contribution in [3.05, 3.63) is 63.0 Å². The maximum atomic E-state index is 14.9. The Morgan fingerprint density at radius 3 is 2.73 bits per heavy atom. The highest BCUT2D eigenvalue weighted by Crippen LogP contribution is 2.33. The molecule has 1 aliphatic heterocycles. The van der Waals surface area contributed by atoms with Gasteiger partial charge in [-0.05, 0) is 44.9 Å². The normalized spacial score (nSPS) is 16.5. The molecule has 1 saturated heterocycles. The number of aryl methyl sites for hydroxylation is 2. The number of nitrogens with zero attached hydrogens (tertiary/aromatic N) is 6. The van der Waals surface area contributed by atoms with Gasteiger partial charge in [-0.15, -0.1) is 0 Å². The minimum atomic E-state index is -0.547. The lowest BCUT2D eigenvalue weighted by atomic mass is 9.97. The zero-order chi connectivity index (χ0) is 23.3. The van der Waals surface area contributed by atoms with Gasteiger partial charge in [0.1, 0.15) is 17.5 Å². The Morgan fingerprint density at radius 2 is 2.00 bits per heavy atom. The molecule has 4 heterocycles. The summed E-state index contributed by atoms with van der Waals surface area (Å²) in [4.78, 5) is 29.0. The van der Waals surface area contributed by atoms with Crippen molar-refractivity contribution in [2.24, 2.45) is 7.05 Å². The average molecular weight is 469 g/mol. The molecule has 1 aliphatic rings. The van der Waals surface area contributed by atoms with Crippen LogP contribution in [0.5, 0.6) is 0 Å². The van der Waals surface area contributed by atoms with Crippen LogP contribution in [0.3, 0.4) is 0 Å². The lowest BCUT2D eigenvalue weighted by Gasteiger charge is -2.32. The molecule has 0 radical (unpaired) electrons. The first kappa shape index (κ1) is 21.5. The van der Waals surface area contributed by atoms with Gasteiger partial charge in [0.05, 0.1) is 22.5 Å². The SMILES string of the molecule is Cc1noc([C@@H]2CCCN(c3cc4nc(C)n(C)c(=O)c4c(-c4ccc(Cl)cc4F)n3)C2)n1. The zero-order valence-electron chi connectivity index (χ0n) is 18.5. The summed E-state index contributed by atoms with van der Waals surface area (Å²) < 4.78 is 21.8.